The molecule has 1 fully saturated rings. The third-order valence-electron chi connectivity index (χ3n) is 5.13. The summed E-state index contributed by atoms with van der Waals surface area (Å²) >= 11 is 0. The number of nitrogens with zero attached hydrogens (tertiary/aromatic N) is 7. The highest BCUT2D eigenvalue weighted by molar-refractivity contribution is 6.08. The van der Waals surface area contributed by atoms with Crippen LogP contribution in [0.25, 0.3) is 0 Å². The maximum Gasteiger partial charge on any atom is 0.345 e. The zero-order valence-electron chi connectivity index (χ0n) is 14.3. The van der Waals surface area contributed by atoms with Crippen LogP contribution in [0, 0.1) is 0 Å². The van der Waals surface area contributed by atoms with E-state index in [-0.39, 0.29) is 12.8 Å². The molecule has 4 aliphatic heterocycles. The molecule has 10 heteroatoms. The van der Waals surface area contributed by atoms with Crippen molar-refractivity contribution in [3.05, 3.63) is 47.7 Å². The number of para-hydroxylation sites is 1. The minimum Gasteiger partial charge on any atom is -0.370 e. The molecule has 0 N–H and O–H groups in total. The van der Waals surface area contributed by atoms with Crippen LogP contribution in [0.5, 0.6) is 0 Å². The van der Waals surface area contributed by atoms with E-state index in [4.69, 9.17) is 9.26 Å². The summed E-state index contributed by atoms with van der Waals surface area (Å²) in [6.07, 6.45) is 3.19. The van der Waals surface area contributed by atoms with Gasteiger partial charge in [0.1, 0.15) is 19.4 Å². The van der Waals surface area contributed by atoms with Crippen LogP contribution in [0.2, 0.25) is 0 Å². The van der Waals surface area contributed by atoms with E-state index in [1.165, 1.54) is 6.20 Å². The average Bonchev–Trinajstić information content (AvgIpc) is 3.44. The summed E-state index contributed by atoms with van der Waals surface area (Å²) in [7, 11) is 0. The Hall–Kier alpha value is -3.14. The van der Waals surface area contributed by atoms with Gasteiger partial charge in [-0.15, -0.1) is 0 Å². The molecule has 9 nitrogen and oxygen atoms in total. The van der Waals surface area contributed by atoms with Crippen LogP contribution in [0.1, 0.15) is 30.3 Å². The minimum absolute atomic E-state index is 0.120. The van der Waals surface area contributed by atoms with Crippen LogP contribution in [0.3, 0.4) is 0 Å². The number of rotatable bonds is 2. The van der Waals surface area contributed by atoms with Crippen molar-refractivity contribution in [1.82, 2.24) is 20.3 Å². The monoisotopic (exact) mass is 369 g/mol. The molecule has 0 spiro atoms. The van der Waals surface area contributed by atoms with Crippen molar-refractivity contribution in [1.29, 1.82) is 0 Å². The number of benzene rings is 1. The zero-order valence-corrected chi connectivity index (χ0v) is 14.3. The van der Waals surface area contributed by atoms with Gasteiger partial charge in [0.2, 0.25) is 5.82 Å². The van der Waals surface area contributed by atoms with Gasteiger partial charge in [-0.2, -0.15) is 10.1 Å². The van der Waals surface area contributed by atoms with Gasteiger partial charge in [0.25, 0.3) is 0 Å². The Morgan fingerprint density at radius 2 is 2.15 bits per heavy atom. The number of hydrazine groups is 1. The Labute approximate surface area is 153 Å². The largest absolute Gasteiger partial charge is 0.370 e. The molecule has 1 saturated heterocycles. The fourth-order valence-electron chi connectivity index (χ4n) is 3.91. The summed E-state index contributed by atoms with van der Waals surface area (Å²) in [6.45, 7) is 1.14. The van der Waals surface area contributed by atoms with E-state index in [1.54, 1.807) is 5.01 Å². The van der Waals surface area contributed by atoms with Crippen LogP contribution < -0.4 is 9.91 Å². The number of fused-ring (bicyclic) bond motifs is 6. The van der Waals surface area contributed by atoms with E-state index in [0.717, 1.165) is 29.9 Å². The molecule has 0 radical (unpaired) electrons. The molecule has 6 rings (SSSR count). The zero-order chi connectivity index (χ0) is 18.0. The van der Waals surface area contributed by atoms with Crippen molar-refractivity contribution in [3.63, 3.8) is 0 Å². The smallest absolute Gasteiger partial charge is 0.345 e. The molecule has 0 amide bonds. The Bertz CT molecular complexity index is 968. The first-order chi connectivity index (χ1) is 13.3. The molecule has 0 bridgehead atoms. The van der Waals surface area contributed by atoms with E-state index in [0.29, 0.717) is 36.1 Å². The third kappa shape index (κ3) is 2.10. The minimum atomic E-state index is -0.129. The van der Waals surface area contributed by atoms with Gasteiger partial charge in [-0.05, 0) is 25.0 Å². The highest BCUT2D eigenvalue weighted by Crippen LogP contribution is 2.40. The Balaban J connectivity index is 1.40. The number of aromatic nitrogens is 2. The van der Waals surface area contributed by atoms with Crippen LogP contribution in [0.4, 0.5) is 16.2 Å². The fraction of sp³-hybridized carbons (Fsp3) is 0.353. The number of aliphatic imine (C=N–C) groups is 1. The summed E-state index contributed by atoms with van der Waals surface area (Å²) in [6, 6.07) is 8.15. The van der Waals surface area contributed by atoms with Crippen molar-refractivity contribution < 1.29 is 13.7 Å². The first kappa shape index (κ1) is 15.0. The van der Waals surface area contributed by atoms with Crippen LogP contribution in [0.15, 0.2) is 45.8 Å². The summed E-state index contributed by atoms with van der Waals surface area (Å²) in [4.78, 5) is 11.1. The molecule has 1 unspecified atom stereocenters. The van der Waals surface area contributed by atoms with Crippen LogP contribution in [-0.2, 0) is 4.74 Å². The van der Waals surface area contributed by atoms with Gasteiger partial charge >= 0.3 is 6.01 Å². The summed E-state index contributed by atoms with van der Waals surface area (Å²) < 4.78 is 25.2. The van der Waals surface area contributed by atoms with Gasteiger partial charge in [0.05, 0.1) is 11.9 Å². The number of halogens is 1. The number of ether oxygens (including phenoxy) is 1. The maximum absolute atomic E-state index is 14.1. The fourth-order valence-corrected chi connectivity index (χ4v) is 3.91. The second-order valence-corrected chi connectivity index (χ2v) is 6.74. The molecular weight excluding hydrogens is 353 g/mol. The number of amidine groups is 1. The van der Waals surface area contributed by atoms with E-state index < -0.39 is 0 Å². The summed E-state index contributed by atoms with van der Waals surface area (Å²) in [5.41, 5.74) is 1.86. The predicted molar refractivity (Wildman–Crippen MR) is 92.8 cm³/mol. The quantitative estimate of drug-likeness (QED) is 0.746. The first-order valence-electron chi connectivity index (χ1n) is 8.88. The van der Waals surface area contributed by atoms with Gasteiger partial charge in [-0.3, -0.25) is 0 Å². The lowest BCUT2D eigenvalue weighted by atomic mass is 10.1. The van der Waals surface area contributed by atoms with Crippen LogP contribution >= 0.6 is 0 Å². The molecule has 2 aromatic rings. The summed E-state index contributed by atoms with van der Waals surface area (Å²) in [5.74, 6) is 1.93. The first-order valence-corrected chi connectivity index (χ1v) is 8.88. The molecule has 27 heavy (non-hydrogen) atoms. The third-order valence-corrected chi connectivity index (χ3v) is 5.13. The number of hydrogen-bond acceptors (Lipinski definition) is 9. The van der Waals surface area contributed by atoms with Crippen molar-refractivity contribution in [3.8, 4) is 0 Å². The van der Waals surface area contributed by atoms with Gasteiger partial charge < -0.3 is 14.2 Å². The second-order valence-electron chi connectivity index (χ2n) is 6.74. The maximum atomic E-state index is 14.1. The highest BCUT2D eigenvalue weighted by Gasteiger charge is 2.44. The van der Waals surface area contributed by atoms with Gasteiger partial charge in [0.15, 0.2) is 11.7 Å². The molecule has 1 aromatic carbocycles. The van der Waals surface area contributed by atoms with Gasteiger partial charge in [-0.1, -0.05) is 21.8 Å². The van der Waals surface area contributed by atoms with E-state index in [2.05, 4.69) is 15.1 Å². The molecule has 4 aliphatic rings. The Morgan fingerprint density at radius 1 is 1.22 bits per heavy atom. The highest BCUT2D eigenvalue weighted by atomic mass is 19.2. The molecular formula is C17H16FN7O2. The lowest BCUT2D eigenvalue weighted by Crippen LogP contribution is -2.49. The van der Waals surface area contributed by atoms with Gasteiger partial charge in [-0.25, -0.2) is 15.0 Å². The van der Waals surface area contributed by atoms with Crippen molar-refractivity contribution >= 4 is 17.5 Å². The molecule has 5 heterocycles. The Kier molecular flexibility index (Phi) is 3.01. The number of anilines is 2. The lowest BCUT2D eigenvalue weighted by molar-refractivity contribution is 0.103. The van der Waals surface area contributed by atoms with E-state index in [9.17, 15) is 4.48 Å². The second kappa shape index (κ2) is 5.43. The van der Waals surface area contributed by atoms with E-state index in [1.807, 2.05) is 34.2 Å². The molecule has 0 saturated carbocycles. The van der Waals surface area contributed by atoms with Crippen molar-refractivity contribution in [2.75, 3.05) is 29.9 Å². The topological polar surface area (TPSA) is 73.5 Å². The lowest BCUT2D eigenvalue weighted by Gasteiger charge is -2.38. The average molecular weight is 369 g/mol. The van der Waals surface area contributed by atoms with Gasteiger partial charge in [0, 0.05) is 12.2 Å². The number of hydrogen-bond donors (Lipinski definition) is 0. The summed E-state index contributed by atoms with van der Waals surface area (Å²) in [5, 5.41) is 8.31. The van der Waals surface area contributed by atoms with Crippen molar-refractivity contribution in [2.45, 2.75) is 18.9 Å². The van der Waals surface area contributed by atoms with Crippen LogP contribution in [-0.4, -0.2) is 46.1 Å². The Morgan fingerprint density at radius 3 is 3.04 bits per heavy atom. The molecule has 1 aromatic heterocycles. The van der Waals surface area contributed by atoms with Crippen molar-refractivity contribution in [2.24, 2.45) is 4.99 Å². The SMILES string of the molecule is FN1C=C2N(C1)c1ccccc1C1=NCN(c3nc(C4CCCO4)no3)N21. The van der Waals surface area contributed by atoms with E-state index >= 15 is 0 Å². The predicted octanol–water partition coefficient (Wildman–Crippen LogP) is 2.14. The molecule has 138 valence electrons. The molecule has 1 atom stereocenters. The standard InChI is InChI=1S/C17H16FN7O2/c18-22-8-14-23(10-22)12-5-2-1-4-11(12)16-19-9-24(25(14)16)17-20-15(21-27-17)13-6-3-7-26-13/h1-2,4-5,8,13H,3,6-7,9-10H2. The normalized spacial score (nSPS) is 23.4. The molecule has 0 aliphatic carbocycles.